The van der Waals surface area contributed by atoms with Crippen LogP contribution >= 0.6 is 0 Å². The summed E-state index contributed by atoms with van der Waals surface area (Å²) in [6.07, 6.45) is 0.839. The third-order valence-corrected chi connectivity index (χ3v) is 3.05. The van der Waals surface area contributed by atoms with E-state index in [2.05, 4.69) is 4.74 Å². The number of nitrogens with zero attached hydrogens (tertiary/aromatic N) is 1. The molecule has 0 saturated carbocycles. The highest BCUT2D eigenvalue weighted by molar-refractivity contribution is 5.95. The number of methoxy groups -OCH3 is 3. The van der Waals surface area contributed by atoms with Crippen molar-refractivity contribution in [3.63, 3.8) is 0 Å². The van der Waals surface area contributed by atoms with Crippen molar-refractivity contribution >= 4 is 11.9 Å². The zero-order valence-corrected chi connectivity index (χ0v) is 12.8. The molecule has 0 fully saturated rings. The highest BCUT2D eigenvalue weighted by atomic mass is 16.5. The molecule has 1 rings (SSSR count). The minimum atomic E-state index is -0.279. The molecule has 6 heteroatoms. The van der Waals surface area contributed by atoms with Crippen LogP contribution in [0.2, 0.25) is 0 Å². The Hall–Kier alpha value is -2.24. The van der Waals surface area contributed by atoms with Crippen LogP contribution in [0.5, 0.6) is 11.5 Å². The molecule has 1 aromatic carbocycles. The molecule has 0 saturated heterocycles. The number of amides is 1. The summed E-state index contributed by atoms with van der Waals surface area (Å²) in [6, 6.07) is 5.01. The summed E-state index contributed by atoms with van der Waals surface area (Å²) in [5.74, 6) is 0.678. The highest BCUT2D eigenvalue weighted by Crippen LogP contribution is 2.23. The van der Waals surface area contributed by atoms with Crippen molar-refractivity contribution in [1.82, 2.24) is 4.90 Å². The number of rotatable bonds is 7. The molecule has 0 heterocycles. The molecule has 116 valence electrons. The van der Waals surface area contributed by atoms with Crippen LogP contribution in [-0.2, 0) is 9.53 Å². The van der Waals surface area contributed by atoms with E-state index in [-0.39, 0.29) is 18.3 Å². The molecule has 6 nitrogen and oxygen atoms in total. The Bertz CT molecular complexity index is 479. The number of hydrogen-bond donors (Lipinski definition) is 0. The Labute approximate surface area is 124 Å². The molecule has 0 spiro atoms. The molecule has 1 aromatic rings. The van der Waals surface area contributed by atoms with Crippen LogP contribution in [0.15, 0.2) is 18.2 Å². The third kappa shape index (κ3) is 4.98. The second-order valence-corrected chi connectivity index (χ2v) is 4.51. The zero-order chi connectivity index (χ0) is 15.8. The molecule has 0 aliphatic carbocycles. The molecule has 0 bridgehead atoms. The van der Waals surface area contributed by atoms with Gasteiger partial charge in [0, 0.05) is 31.6 Å². The average Bonchev–Trinajstić information content (AvgIpc) is 2.52. The maximum absolute atomic E-state index is 12.3. The predicted octanol–water partition coefficient (Wildman–Crippen LogP) is 1.73. The fourth-order valence-electron chi connectivity index (χ4n) is 1.82. The number of carbonyl (C=O) groups excluding carboxylic acids is 2. The van der Waals surface area contributed by atoms with Gasteiger partial charge in [-0.15, -0.1) is 0 Å². The van der Waals surface area contributed by atoms with Gasteiger partial charge in [0.1, 0.15) is 11.5 Å². The topological polar surface area (TPSA) is 65.1 Å². The molecule has 0 atom stereocenters. The van der Waals surface area contributed by atoms with Crippen molar-refractivity contribution in [2.24, 2.45) is 0 Å². The van der Waals surface area contributed by atoms with Crippen LogP contribution in [0.1, 0.15) is 23.2 Å². The molecule has 0 aromatic heterocycles. The van der Waals surface area contributed by atoms with Crippen molar-refractivity contribution in [3.05, 3.63) is 23.8 Å². The molecule has 0 N–H and O–H groups in total. The van der Waals surface area contributed by atoms with E-state index in [1.54, 1.807) is 30.1 Å². The summed E-state index contributed by atoms with van der Waals surface area (Å²) >= 11 is 0. The van der Waals surface area contributed by atoms with Crippen LogP contribution in [0, 0.1) is 0 Å². The molecular formula is C15H21NO5. The Balaban J connectivity index is 2.71. The maximum Gasteiger partial charge on any atom is 0.305 e. The molecule has 1 amide bonds. The van der Waals surface area contributed by atoms with Gasteiger partial charge in [0.05, 0.1) is 21.3 Å². The fraction of sp³-hybridized carbons (Fsp3) is 0.467. The minimum absolute atomic E-state index is 0.155. The first-order valence-corrected chi connectivity index (χ1v) is 6.57. The van der Waals surface area contributed by atoms with Gasteiger partial charge in [-0.3, -0.25) is 9.59 Å². The standard InChI is InChI=1S/C15H21NO5/c1-16(7-5-6-14(17)21-4)15(18)11-8-12(19-2)10-13(9-11)20-3/h8-10H,5-7H2,1-4H3. The molecule has 0 radical (unpaired) electrons. The van der Waals surface area contributed by atoms with Gasteiger partial charge in [-0.25, -0.2) is 0 Å². The van der Waals surface area contributed by atoms with Crippen LogP contribution in [0.4, 0.5) is 0 Å². The largest absolute Gasteiger partial charge is 0.497 e. The quantitative estimate of drug-likeness (QED) is 0.717. The summed E-state index contributed by atoms with van der Waals surface area (Å²) in [5.41, 5.74) is 0.478. The van der Waals surface area contributed by atoms with Gasteiger partial charge in [0.25, 0.3) is 5.91 Å². The first-order chi connectivity index (χ1) is 10.0. The van der Waals surface area contributed by atoms with Crippen LogP contribution in [-0.4, -0.2) is 51.7 Å². The second-order valence-electron chi connectivity index (χ2n) is 4.51. The van der Waals surface area contributed by atoms with Gasteiger partial charge < -0.3 is 19.1 Å². The Kier molecular flexibility index (Phi) is 6.52. The molecule has 0 unspecified atom stereocenters. The average molecular weight is 295 g/mol. The highest BCUT2D eigenvalue weighted by Gasteiger charge is 2.14. The van der Waals surface area contributed by atoms with Gasteiger partial charge in [-0.05, 0) is 18.6 Å². The summed E-state index contributed by atoms with van der Waals surface area (Å²) in [5, 5.41) is 0. The van der Waals surface area contributed by atoms with Crippen molar-refractivity contribution in [1.29, 1.82) is 0 Å². The van der Waals surface area contributed by atoms with E-state index in [0.717, 1.165) is 0 Å². The Morgan fingerprint density at radius 2 is 1.62 bits per heavy atom. The van der Waals surface area contributed by atoms with Crippen LogP contribution in [0.3, 0.4) is 0 Å². The van der Waals surface area contributed by atoms with Crippen LogP contribution < -0.4 is 9.47 Å². The number of benzene rings is 1. The van der Waals surface area contributed by atoms with E-state index in [9.17, 15) is 9.59 Å². The number of ether oxygens (including phenoxy) is 3. The van der Waals surface area contributed by atoms with Crippen molar-refractivity contribution in [3.8, 4) is 11.5 Å². The van der Waals surface area contributed by atoms with E-state index in [4.69, 9.17) is 9.47 Å². The summed E-state index contributed by atoms with van der Waals surface area (Å²) in [6.45, 7) is 0.466. The summed E-state index contributed by atoms with van der Waals surface area (Å²) in [4.78, 5) is 24.9. The molecule has 21 heavy (non-hydrogen) atoms. The fourth-order valence-corrected chi connectivity index (χ4v) is 1.82. The Morgan fingerprint density at radius 3 is 2.10 bits per heavy atom. The maximum atomic E-state index is 12.3. The van der Waals surface area contributed by atoms with E-state index in [0.29, 0.717) is 30.0 Å². The van der Waals surface area contributed by atoms with Crippen molar-refractivity contribution < 1.29 is 23.8 Å². The van der Waals surface area contributed by atoms with E-state index in [1.807, 2.05) is 0 Å². The van der Waals surface area contributed by atoms with Gasteiger partial charge >= 0.3 is 5.97 Å². The Morgan fingerprint density at radius 1 is 1.05 bits per heavy atom. The van der Waals surface area contributed by atoms with Crippen molar-refractivity contribution in [2.75, 3.05) is 34.9 Å². The van der Waals surface area contributed by atoms with E-state index in [1.165, 1.54) is 21.3 Å². The lowest BCUT2D eigenvalue weighted by atomic mass is 10.1. The first-order valence-electron chi connectivity index (χ1n) is 6.57. The molecule has 0 aliphatic heterocycles. The predicted molar refractivity (Wildman–Crippen MR) is 77.8 cm³/mol. The van der Waals surface area contributed by atoms with Gasteiger partial charge in [0.2, 0.25) is 0 Å². The van der Waals surface area contributed by atoms with E-state index >= 15 is 0 Å². The monoisotopic (exact) mass is 295 g/mol. The van der Waals surface area contributed by atoms with Gasteiger partial charge in [-0.1, -0.05) is 0 Å². The smallest absolute Gasteiger partial charge is 0.305 e. The molecule has 0 aliphatic rings. The van der Waals surface area contributed by atoms with Gasteiger partial charge in [-0.2, -0.15) is 0 Å². The van der Waals surface area contributed by atoms with Gasteiger partial charge in [0.15, 0.2) is 0 Å². The zero-order valence-electron chi connectivity index (χ0n) is 12.8. The number of carbonyl (C=O) groups is 2. The second kappa shape index (κ2) is 8.14. The normalized spacial score (nSPS) is 9.90. The first kappa shape index (κ1) is 16.8. The summed E-state index contributed by atoms with van der Waals surface area (Å²) < 4.78 is 14.8. The summed E-state index contributed by atoms with van der Waals surface area (Å²) in [7, 11) is 6.09. The lowest BCUT2D eigenvalue weighted by Gasteiger charge is -2.17. The molecular weight excluding hydrogens is 274 g/mol. The third-order valence-electron chi connectivity index (χ3n) is 3.05. The number of esters is 1. The van der Waals surface area contributed by atoms with Crippen molar-refractivity contribution in [2.45, 2.75) is 12.8 Å². The SMILES string of the molecule is COC(=O)CCCN(C)C(=O)c1cc(OC)cc(OC)c1. The van der Waals surface area contributed by atoms with E-state index < -0.39 is 0 Å². The lowest BCUT2D eigenvalue weighted by molar-refractivity contribution is -0.140. The minimum Gasteiger partial charge on any atom is -0.497 e. The lowest BCUT2D eigenvalue weighted by Crippen LogP contribution is -2.28. The number of hydrogen-bond acceptors (Lipinski definition) is 5. The van der Waals surface area contributed by atoms with Crippen LogP contribution in [0.25, 0.3) is 0 Å².